The molecule has 0 fully saturated rings. The lowest BCUT2D eigenvalue weighted by molar-refractivity contribution is 1.78. The normalized spacial score (nSPS) is 15.6. The van der Waals surface area contributed by atoms with Crippen LogP contribution in [0.25, 0.3) is 0 Å². The van der Waals surface area contributed by atoms with E-state index in [9.17, 15) is 0 Å². The molecule has 0 N–H and O–H groups in total. The molecular formula is C10H30SSi4. The fourth-order valence-corrected chi connectivity index (χ4v) is 58.6. The van der Waals surface area contributed by atoms with Gasteiger partial charge in [-0.3, -0.25) is 0 Å². The van der Waals surface area contributed by atoms with E-state index in [1.54, 1.807) is 0 Å². The average Bonchev–Trinajstić information content (AvgIpc) is 1.77. The summed E-state index contributed by atoms with van der Waals surface area (Å²) in [5.74, 6) is 0. The van der Waals surface area contributed by atoms with Gasteiger partial charge in [0.15, 0.2) is 0 Å². The Kier molecular flexibility index (Phi) is 4.84. The first-order valence-electron chi connectivity index (χ1n) is 5.91. The molecule has 0 aromatic heterocycles. The van der Waals surface area contributed by atoms with Crippen LogP contribution in [-0.2, 0) is 0 Å². The Labute approximate surface area is 105 Å². The summed E-state index contributed by atoms with van der Waals surface area (Å²) in [6.45, 7) is 23.9. The summed E-state index contributed by atoms with van der Waals surface area (Å²) < 4.78 is 0. The molecule has 0 atom stereocenters. The summed E-state index contributed by atoms with van der Waals surface area (Å²) in [4.78, 5) is 0. The van der Waals surface area contributed by atoms with Gasteiger partial charge in [0.1, 0.15) is 0 Å². The molecule has 0 spiro atoms. The van der Waals surface area contributed by atoms with Crippen LogP contribution < -0.4 is 0 Å². The van der Waals surface area contributed by atoms with Crippen LogP contribution in [0, 0.1) is 0 Å². The fraction of sp³-hybridized carbons (Fsp3) is 1.00. The highest BCUT2D eigenvalue weighted by Crippen LogP contribution is 2.40. The van der Waals surface area contributed by atoms with Gasteiger partial charge in [-0.25, -0.2) is 10.7 Å². The summed E-state index contributed by atoms with van der Waals surface area (Å²) >= 11 is 0. The minimum atomic E-state index is -0.998. The molecule has 0 unspecified atom stereocenters. The molecule has 0 radical (unpaired) electrons. The van der Waals surface area contributed by atoms with Gasteiger partial charge in [0.2, 0.25) is 0 Å². The molecule has 0 aromatic rings. The van der Waals surface area contributed by atoms with Gasteiger partial charge in [0, 0.05) is 15.2 Å². The second-order valence-corrected chi connectivity index (χ2v) is 50.1. The lowest BCUT2D eigenvalue weighted by Gasteiger charge is -2.45. The molecule has 92 valence electrons. The Morgan fingerprint density at radius 2 is 0.667 bits per heavy atom. The Morgan fingerprint density at radius 1 is 0.467 bits per heavy atom. The predicted molar refractivity (Wildman–Crippen MR) is 89.2 cm³/mol. The minimum Gasteiger partial charge on any atom is -0.212 e. The topological polar surface area (TPSA) is 0 Å². The van der Waals surface area contributed by atoms with Crippen molar-refractivity contribution in [2.45, 2.75) is 65.5 Å². The van der Waals surface area contributed by atoms with E-state index < -0.39 is 28.7 Å². The quantitative estimate of drug-likeness (QED) is 0.660. The first kappa shape index (κ1) is 16.2. The second-order valence-electron chi connectivity index (χ2n) is 7.62. The Bertz CT molecular complexity index is 199. The summed E-state index contributed by atoms with van der Waals surface area (Å²) in [6.07, 6.45) is 0. The molecular weight excluding hydrogens is 265 g/mol. The molecule has 15 heavy (non-hydrogen) atoms. The van der Waals surface area contributed by atoms with Crippen molar-refractivity contribution >= 4 is 39.3 Å². The van der Waals surface area contributed by atoms with Gasteiger partial charge in [-0.1, -0.05) is 65.5 Å². The highest BCUT2D eigenvalue weighted by molar-refractivity contribution is 8.57. The van der Waals surface area contributed by atoms with Crippen LogP contribution in [0.2, 0.25) is 65.5 Å². The van der Waals surface area contributed by atoms with Crippen molar-refractivity contribution in [3.63, 3.8) is 0 Å². The van der Waals surface area contributed by atoms with Crippen LogP contribution in [0.3, 0.4) is 0 Å². The van der Waals surface area contributed by atoms with Crippen molar-refractivity contribution in [1.29, 1.82) is 0 Å². The van der Waals surface area contributed by atoms with Gasteiger partial charge in [-0.15, -0.1) is 0 Å². The van der Waals surface area contributed by atoms with Crippen molar-refractivity contribution in [3.05, 3.63) is 0 Å². The van der Waals surface area contributed by atoms with E-state index in [1.807, 2.05) is 0 Å². The van der Waals surface area contributed by atoms with Crippen LogP contribution in [0.5, 0.6) is 0 Å². The highest BCUT2D eigenvalue weighted by atomic mass is 32.6. The molecule has 0 heterocycles. The van der Waals surface area contributed by atoms with Crippen LogP contribution in [0.15, 0.2) is 0 Å². The first-order valence-corrected chi connectivity index (χ1v) is 23.2. The van der Waals surface area contributed by atoms with Gasteiger partial charge in [-0.2, -0.15) is 0 Å². The third kappa shape index (κ3) is 4.18. The predicted octanol–water partition coefficient (Wildman–Crippen LogP) is 4.96. The highest BCUT2D eigenvalue weighted by Gasteiger charge is 2.47. The fourth-order valence-electron chi connectivity index (χ4n) is 0.944. The molecule has 0 bridgehead atoms. The van der Waals surface area contributed by atoms with Crippen molar-refractivity contribution in [2.24, 2.45) is 0 Å². The van der Waals surface area contributed by atoms with Gasteiger partial charge in [-0.05, 0) is 0 Å². The largest absolute Gasteiger partial charge is 0.212 e. The van der Waals surface area contributed by atoms with E-state index in [2.05, 4.69) is 76.1 Å². The van der Waals surface area contributed by atoms with Crippen molar-refractivity contribution in [2.75, 3.05) is 0 Å². The SMILES string of the molecule is C[Si](C)(C)[Si](C)(C)S[Si](C)(C)[Si](C)(C)C. The van der Waals surface area contributed by atoms with Crippen molar-refractivity contribution in [3.8, 4) is 0 Å². The van der Waals surface area contributed by atoms with Gasteiger partial charge in [0.25, 0.3) is 0 Å². The monoisotopic (exact) mass is 294 g/mol. The zero-order chi connectivity index (χ0) is 12.7. The van der Waals surface area contributed by atoms with Gasteiger partial charge in [0.05, 0.1) is 13.5 Å². The molecule has 0 aromatic carbocycles. The van der Waals surface area contributed by atoms with Crippen LogP contribution in [0.4, 0.5) is 0 Å². The maximum absolute atomic E-state index is 2.62. The lowest BCUT2D eigenvalue weighted by Crippen LogP contribution is -2.59. The maximum atomic E-state index is 2.62. The van der Waals surface area contributed by atoms with E-state index >= 15 is 0 Å². The van der Waals surface area contributed by atoms with Crippen LogP contribution in [0.1, 0.15) is 0 Å². The molecule has 0 aliphatic rings. The van der Waals surface area contributed by atoms with E-state index in [1.165, 1.54) is 0 Å². The third-order valence-corrected chi connectivity index (χ3v) is 62.8. The molecule has 0 rings (SSSR count). The van der Waals surface area contributed by atoms with Crippen LogP contribution in [-0.4, -0.2) is 28.7 Å². The molecule has 0 saturated heterocycles. The lowest BCUT2D eigenvalue weighted by atomic mass is 11.8. The van der Waals surface area contributed by atoms with Gasteiger partial charge < -0.3 is 0 Å². The summed E-state index contributed by atoms with van der Waals surface area (Å²) in [6, 6.07) is 0. The molecule has 0 saturated carbocycles. The smallest absolute Gasteiger partial charge is 0.0949 e. The Morgan fingerprint density at radius 3 is 0.800 bits per heavy atom. The van der Waals surface area contributed by atoms with E-state index in [-0.39, 0.29) is 0 Å². The van der Waals surface area contributed by atoms with E-state index in [0.29, 0.717) is 0 Å². The second kappa shape index (κ2) is 4.48. The number of hydrogen-bond acceptors (Lipinski definition) is 1. The van der Waals surface area contributed by atoms with E-state index in [0.717, 1.165) is 0 Å². The number of rotatable bonds is 4. The van der Waals surface area contributed by atoms with Crippen molar-refractivity contribution < 1.29 is 0 Å². The first-order chi connectivity index (χ1) is 6.21. The maximum Gasteiger partial charge on any atom is 0.0949 e. The van der Waals surface area contributed by atoms with Gasteiger partial charge >= 0.3 is 0 Å². The summed E-state index contributed by atoms with van der Waals surface area (Å²) in [7, 11) is 0.690. The molecule has 0 amide bonds. The number of hydrogen-bond donors (Lipinski definition) is 0. The Balaban J connectivity index is 4.89. The summed E-state index contributed by atoms with van der Waals surface area (Å²) in [5.41, 5.74) is 0. The zero-order valence-corrected chi connectivity index (χ0v) is 17.2. The third-order valence-electron chi connectivity index (χ3n) is 4.12. The average molecular weight is 295 g/mol. The molecule has 0 aliphatic heterocycles. The minimum absolute atomic E-state index is 0.915. The van der Waals surface area contributed by atoms with E-state index in [4.69, 9.17) is 0 Å². The van der Waals surface area contributed by atoms with Crippen LogP contribution >= 0.6 is 10.7 Å². The van der Waals surface area contributed by atoms with Crippen molar-refractivity contribution in [1.82, 2.24) is 0 Å². The zero-order valence-electron chi connectivity index (χ0n) is 12.4. The standard InChI is InChI=1S/C10H30SSi4/c1-12(2,3)14(7,8)11-15(9,10)13(4,5)6/h1-10H3. The molecule has 0 nitrogen and oxygen atoms in total. The summed E-state index contributed by atoms with van der Waals surface area (Å²) in [5, 5.41) is 0. The molecule has 0 aliphatic carbocycles. The molecule has 5 heteroatoms. The Hall–Kier alpha value is 1.22.